The fourth-order valence-corrected chi connectivity index (χ4v) is 2.58. The van der Waals surface area contributed by atoms with Gasteiger partial charge in [-0.1, -0.05) is 6.07 Å². The molecule has 2 N–H and O–H groups in total. The summed E-state index contributed by atoms with van der Waals surface area (Å²) in [6.45, 7) is 4.93. The van der Waals surface area contributed by atoms with Gasteiger partial charge in [-0.05, 0) is 46.0 Å². The van der Waals surface area contributed by atoms with Crippen LogP contribution in [-0.2, 0) is 4.74 Å². The van der Waals surface area contributed by atoms with Crippen LogP contribution >= 0.6 is 0 Å². The van der Waals surface area contributed by atoms with E-state index in [4.69, 9.17) is 4.74 Å². The molecule has 111 valence electrons. The van der Waals surface area contributed by atoms with Crippen molar-refractivity contribution in [1.82, 2.24) is 4.90 Å². The molecule has 20 heavy (non-hydrogen) atoms. The quantitative estimate of drug-likeness (QED) is 0.837. The fourth-order valence-electron chi connectivity index (χ4n) is 2.58. The molecule has 4 heteroatoms. The summed E-state index contributed by atoms with van der Waals surface area (Å²) < 4.78 is 5.38. The Morgan fingerprint density at radius 3 is 2.85 bits per heavy atom. The molecule has 4 nitrogen and oxygen atoms in total. The Kier molecular flexibility index (Phi) is 5.68. The van der Waals surface area contributed by atoms with E-state index in [1.54, 1.807) is 0 Å². The lowest BCUT2D eigenvalue weighted by Crippen LogP contribution is -2.30. The predicted octanol–water partition coefficient (Wildman–Crippen LogP) is 2.44. The third-order valence-electron chi connectivity index (χ3n) is 3.43. The normalized spacial score (nSPS) is 18.0. The van der Waals surface area contributed by atoms with Crippen molar-refractivity contribution in [3.8, 4) is 0 Å². The van der Waals surface area contributed by atoms with E-state index in [0.717, 1.165) is 44.0 Å². The van der Waals surface area contributed by atoms with E-state index in [-0.39, 0.29) is 0 Å². The highest BCUT2D eigenvalue weighted by Gasteiger charge is 2.13. The van der Waals surface area contributed by atoms with E-state index in [9.17, 15) is 0 Å². The van der Waals surface area contributed by atoms with E-state index in [2.05, 4.69) is 54.8 Å². The van der Waals surface area contributed by atoms with E-state index < -0.39 is 0 Å². The lowest BCUT2D eigenvalue weighted by Gasteiger charge is -2.24. The zero-order valence-corrected chi connectivity index (χ0v) is 12.8. The van der Waals surface area contributed by atoms with Crippen LogP contribution < -0.4 is 10.6 Å². The number of ether oxygens (including phenoxy) is 1. The van der Waals surface area contributed by atoms with Crippen molar-refractivity contribution in [2.75, 3.05) is 44.5 Å². The molecule has 0 amide bonds. The first-order chi connectivity index (χ1) is 9.63. The summed E-state index contributed by atoms with van der Waals surface area (Å²) in [5.41, 5.74) is 2.21. The molecule has 1 aromatic rings. The Balaban J connectivity index is 1.89. The van der Waals surface area contributed by atoms with Crippen LogP contribution in [0.25, 0.3) is 0 Å². The summed E-state index contributed by atoms with van der Waals surface area (Å²) in [5, 5.41) is 7.07. The summed E-state index contributed by atoms with van der Waals surface area (Å²) >= 11 is 0. The molecule has 1 saturated heterocycles. The Hall–Kier alpha value is -1.26. The van der Waals surface area contributed by atoms with Gasteiger partial charge >= 0.3 is 0 Å². The van der Waals surface area contributed by atoms with Crippen molar-refractivity contribution >= 4 is 11.4 Å². The largest absolute Gasteiger partial charge is 0.382 e. The van der Waals surface area contributed by atoms with Crippen LogP contribution in [0.2, 0.25) is 0 Å². The smallest absolute Gasteiger partial charge is 0.0485 e. The molecular formula is C16H26N3O. The van der Waals surface area contributed by atoms with Gasteiger partial charge < -0.3 is 20.3 Å². The van der Waals surface area contributed by atoms with Gasteiger partial charge in [0.15, 0.2) is 0 Å². The van der Waals surface area contributed by atoms with Crippen molar-refractivity contribution in [2.45, 2.75) is 31.8 Å². The van der Waals surface area contributed by atoms with E-state index in [1.807, 2.05) is 6.07 Å². The third kappa shape index (κ3) is 5.02. The van der Waals surface area contributed by atoms with E-state index in [0.29, 0.717) is 12.1 Å². The number of anilines is 2. The average Bonchev–Trinajstić information content (AvgIpc) is 2.39. The first-order valence-corrected chi connectivity index (χ1v) is 7.41. The van der Waals surface area contributed by atoms with Gasteiger partial charge in [-0.15, -0.1) is 0 Å². The molecule has 1 aliphatic heterocycles. The molecule has 1 aliphatic rings. The Labute approximate surface area is 122 Å². The molecule has 0 spiro atoms. The van der Waals surface area contributed by atoms with Gasteiger partial charge in [-0.3, -0.25) is 0 Å². The molecular weight excluding hydrogens is 250 g/mol. The maximum atomic E-state index is 5.38. The fraction of sp³-hybridized carbons (Fsp3) is 0.625. The van der Waals surface area contributed by atoms with Crippen molar-refractivity contribution in [3.05, 3.63) is 24.3 Å². The van der Waals surface area contributed by atoms with Crippen molar-refractivity contribution in [3.63, 3.8) is 0 Å². The van der Waals surface area contributed by atoms with Crippen LogP contribution in [0.15, 0.2) is 18.2 Å². The molecule has 1 unspecified atom stereocenters. The monoisotopic (exact) mass is 276 g/mol. The number of benzene rings is 1. The second-order valence-electron chi connectivity index (χ2n) is 5.83. The maximum absolute atomic E-state index is 5.38. The van der Waals surface area contributed by atoms with Gasteiger partial charge in [0.25, 0.3) is 0 Å². The Bertz CT molecular complexity index is 402. The Morgan fingerprint density at radius 2 is 2.15 bits per heavy atom. The second kappa shape index (κ2) is 7.50. The highest BCUT2D eigenvalue weighted by Crippen LogP contribution is 2.19. The highest BCUT2D eigenvalue weighted by atomic mass is 16.5. The molecule has 0 aliphatic carbocycles. The first-order valence-electron chi connectivity index (χ1n) is 7.41. The van der Waals surface area contributed by atoms with Crippen molar-refractivity contribution in [2.24, 2.45) is 0 Å². The van der Waals surface area contributed by atoms with Crippen LogP contribution in [0.1, 0.15) is 19.8 Å². The van der Waals surface area contributed by atoms with Gasteiger partial charge in [0.2, 0.25) is 0 Å². The summed E-state index contributed by atoms with van der Waals surface area (Å²) in [4.78, 5) is 2.19. The van der Waals surface area contributed by atoms with Crippen LogP contribution in [0.3, 0.4) is 0 Å². The lowest BCUT2D eigenvalue weighted by atomic mass is 10.1. The molecule has 1 radical (unpaired) electrons. The molecule has 2 rings (SSSR count). The van der Waals surface area contributed by atoms with Gasteiger partial charge in [0.1, 0.15) is 0 Å². The van der Waals surface area contributed by atoms with Crippen LogP contribution in [0.4, 0.5) is 11.4 Å². The average molecular weight is 276 g/mol. The maximum Gasteiger partial charge on any atom is 0.0485 e. The summed E-state index contributed by atoms with van der Waals surface area (Å²) in [5.74, 6) is 0. The van der Waals surface area contributed by atoms with Crippen LogP contribution in [0.5, 0.6) is 0 Å². The molecule has 0 saturated carbocycles. The second-order valence-corrected chi connectivity index (χ2v) is 5.83. The SMILES string of the molecule is CC(CN(C)C)Nc1cc[c]c(NC2CCOCC2)c1. The number of nitrogens with one attached hydrogen (secondary N) is 2. The van der Waals surface area contributed by atoms with Gasteiger partial charge in [-0.2, -0.15) is 0 Å². The standard InChI is InChI=1S/C16H26N3O/c1-13(12-19(2)3)17-15-5-4-6-16(11-15)18-14-7-9-20-10-8-14/h4-5,11,13-14,17-18H,7-10,12H2,1-3H3. The van der Waals surface area contributed by atoms with Crippen LogP contribution in [0, 0.1) is 6.07 Å². The van der Waals surface area contributed by atoms with E-state index >= 15 is 0 Å². The van der Waals surface area contributed by atoms with Gasteiger partial charge in [0, 0.05) is 49.3 Å². The minimum atomic E-state index is 0.420. The minimum absolute atomic E-state index is 0.420. The number of hydrogen-bond donors (Lipinski definition) is 2. The van der Waals surface area contributed by atoms with Crippen molar-refractivity contribution < 1.29 is 4.74 Å². The molecule has 1 fully saturated rings. The van der Waals surface area contributed by atoms with Crippen LogP contribution in [-0.4, -0.2) is 50.8 Å². The number of hydrogen-bond acceptors (Lipinski definition) is 4. The molecule has 1 heterocycles. The molecule has 0 bridgehead atoms. The summed E-state index contributed by atoms with van der Waals surface area (Å²) in [6.07, 6.45) is 2.14. The van der Waals surface area contributed by atoms with Gasteiger partial charge in [0.05, 0.1) is 0 Å². The number of likely N-dealkylation sites (N-methyl/N-ethyl adjacent to an activating group) is 1. The zero-order valence-electron chi connectivity index (χ0n) is 12.8. The highest BCUT2D eigenvalue weighted by molar-refractivity contribution is 5.56. The third-order valence-corrected chi connectivity index (χ3v) is 3.43. The lowest BCUT2D eigenvalue weighted by molar-refractivity contribution is 0.0904. The molecule has 0 aromatic heterocycles. The van der Waals surface area contributed by atoms with Crippen molar-refractivity contribution in [1.29, 1.82) is 0 Å². The molecule has 1 atom stereocenters. The summed E-state index contributed by atoms with van der Waals surface area (Å²) in [7, 11) is 4.18. The number of nitrogens with zero attached hydrogens (tertiary/aromatic N) is 1. The first kappa shape index (κ1) is 15.1. The Morgan fingerprint density at radius 1 is 1.40 bits per heavy atom. The number of rotatable bonds is 6. The van der Waals surface area contributed by atoms with E-state index in [1.165, 1.54) is 0 Å². The van der Waals surface area contributed by atoms with Gasteiger partial charge in [-0.25, -0.2) is 0 Å². The minimum Gasteiger partial charge on any atom is -0.382 e. The topological polar surface area (TPSA) is 36.5 Å². The zero-order chi connectivity index (χ0) is 14.4. The predicted molar refractivity (Wildman–Crippen MR) is 84.4 cm³/mol. The molecule has 1 aromatic carbocycles. The summed E-state index contributed by atoms with van der Waals surface area (Å²) in [6, 6.07) is 10.4.